The van der Waals surface area contributed by atoms with Crippen LogP contribution < -0.4 is 15.0 Å². The molecular formula is C15H25N3O. The number of aromatic nitrogens is 1. The lowest BCUT2D eigenvalue weighted by Crippen LogP contribution is -2.39. The van der Waals surface area contributed by atoms with Gasteiger partial charge in [-0.3, -0.25) is 0 Å². The van der Waals surface area contributed by atoms with Gasteiger partial charge in [-0.15, -0.1) is 0 Å². The fourth-order valence-electron chi connectivity index (χ4n) is 2.45. The summed E-state index contributed by atoms with van der Waals surface area (Å²) in [5.41, 5.74) is 0. The Morgan fingerprint density at radius 2 is 2.11 bits per heavy atom. The van der Waals surface area contributed by atoms with Gasteiger partial charge in [0.25, 0.3) is 0 Å². The number of methoxy groups -OCH3 is 1. The monoisotopic (exact) mass is 263 g/mol. The Morgan fingerprint density at radius 1 is 1.37 bits per heavy atom. The Bertz CT molecular complexity index is 369. The normalized spacial score (nSPS) is 16.9. The molecule has 0 bridgehead atoms. The highest BCUT2D eigenvalue weighted by atomic mass is 16.5. The number of hydrogen-bond donors (Lipinski definition) is 1. The Kier molecular flexibility index (Phi) is 5.02. The SMILES string of the molecule is COc1ccc(N2CCC(CNC(C)C)CC2)nc1. The molecule has 1 N–H and O–H groups in total. The van der Waals surface area contributed by atoms with Crippen LogP contribution in [0.25, 0.3) is 0 Å². The summed E-state index contributed by atoms with van der Waals surface area (Å²) in [6.07, 6.45) is 4.28. The van der Waals surface area contributed by atoms with Crippen molar-refractivity contribution >= 4 is 5.82 Å². The summed E-state index contributed by atoms with van der Waals surface area (Å²) < 4.78 is 5.14. The van der Waals surface area contributed by atoms with Crippen LogP contribution in [0, 0.1) is 5.92 Å². The fourth-order valence-corrected chi connectivity index (χ4v) is 2.45. The Hall–Kier alpha value is -1.29. The summed E-state index contributed by atoms with van der Waals surface area (Å²) in [6.45, 7) is 7.75. The molecule has 1 aromatic heterocycles. The minimum Gasteiger partial charge on any atom is -0.495 e. The molecule has 4 nitrogen and oxygen atoms in total. The zero-order chi connectivity index (χ0) is 13.7. The molecule has 1 saturated heterocycles. The van der Waals surface area contributed by atoms with Crippen molar-refractivity contribution < 1.29 is 4.74 Å². The maximum absolute atomic E-state index is 5.14. The van der Waals surface area contributed by atoms with Crippen LogP contribution in [0.3, 0.4) is 0 Å². The molecule has 0 amide bonds. The van der Waals surface area contributed by atoms with E-state index in [0.717, 1.165) is 37.1 Å². The maximum atomic E-state index is 5.14. The van der Waals surface area contributed by atoms with Gasteiger partial charge in [0.1, 0.15) is 11.6 Å². The first-order chi connectivity index (χ1) is 9.19. The van der Waals surface area contributed by atoms with Crippen molar-refractivity contribution in [2.24, 2.45) is 5.92 Å². The minimum atomic E-state index is 0.585. The van der Waals surface area contributed by atoms with Gasteiger partial charge in [-0.1, -0.05) is 13.8 Å². The maximum Gasteiger partial charge on any atom is 0.137 e. The van der Waals surface area contributed by atoms with E-state index >= 15 is 0 Å². The molecule has 106 valence electrons. The molecule has 1 aliphatic heterocycles. The van der Waals surface area contributed by atoms with Crippen LogP contribution in [-0.4, -0.2) is 37.8 Å². The van der Waals surface area contributed by atoms with Crippen LogP contribution in [-0.2, 0) is 0 Å². The number of nitrogens with zero attached hydrogens (tertiary/aromatic N) is 2. The zero-order valence-electron chi connectivity index (χ0n) is 12.2. The third-order valence-corrected chi connectivity index (χ3v) is 3.71. The lowest BCUT2D eigenvalue weighted by atomic mass is 9.96. The van der Waals surface area contributed by atoms with Gasteiger partial charge in [0.2, 0.25) is 0 Å². The molecule has 2 rings (SSSR count). The van der Waals surface area contributed by atoms with Crippen molar-refractivity contribution in [1.29, 1.82) is 0 Å². The van der Waals surface area contributed by atoms with Crippen LogP contribution in [0.15, 0.2) is 18.3 Å². The van der Waals surface area contributed by atoms with Gasteiger partial charge in [-0.2, -0.15) is 0 Å². The highest BCUT2D eigenvalue weighted by Gasteiger charge is 2.20. The molecule has 0 atom stereocenters. The van der Waals surface area contributed by atoms with Crippen LogP contribution in [0.2, 0.25) is 0 Å². The molecule has 0 aliphatic carbocycles. The van der Waals surface area contributed by atoms with Gasteiger partial charge < -0.3 is 15.0 Å². The Balaban J connectivity index is 1.81. The summed E-state index contributed by atoms with van der Waals surface area (Å²) in [5, 5.41) is 3.53. The minimum absolute atomic E-state index is 0.585. The lowest BCUT2D eigenvalue weighted by molar-refractivity contribution is 0.369. The Morgan fingerprint density at radius 3 is 2.63 bits per heavy atom. The van der Waals surface area contributed by atoms with E-state index in [4.69, 9.17) is 4.74 Å². The first-order valence-electron chi connectivity index (χ1n) is 7.17. The highest BCUT2D eigenvalue weighted by Crippen LogP contribution is 2.22. The van der Waals surface area contributed by atoms with Gasteiger partial charge in [0.05, 0.1) is 13.3 Å². The predicted molar refractivity (Wildman–Crippen MR) is 78.9 cm³/mol. The largest absolute Gasteiger partial charge is 0.495 e. The van der Waals surface area contributed by atoms with Crippen LogP contribution in [0.4, 0.5) is 5.82 Å². The second kappa shape index (κ2) is 6.75. The number of hydrogen-bond acceptors (Lipinski definition) is 4. The summed E-state index contributed by atoms with van der Waals surface area (Å²) >= 11 is 0. The van der Waals surface area contributed by atoms with E-state index < -0.39 is 0 Å². The number of nitrogens with one attached hydrogen (secondary N) is 1. The van der Waals surface area contributed by atoms with Crippen molar-refractivity contribution in [1.82, 2.24) is 10.3 Å². The van der Waals surface area contributed by atoms with Crippen LogP contribution >= 0.6 is 0 Å². The molecule has 19 heavy (non-hydrogen) atoms. The van der Waals surface area contributed by atoms with E-state index in [2.05, 4.69) is 29.0 Å². The van der Waals surface area contributed by atoms with E-state index in [1.807, 2.05) is 12.1 Å². The number of anilines is 1. The quantitative estimate of drug-likeness (QED) is 0.884. The molecule has 0 saturated carbocycles. The summed E-state index contributed by atoms with van der Waals surface area (Å²) in [4.78, 5) is 6.82. The number of rotatable bonds is 5. The van der Waals surface area contributed by atoms with Crippen molar-refractivity contribution in [3.8, 4) is 5.75 Å². The highest BCUT2D eigenvalue weighted by molar-refractivity contribution is 5.41. The van der Waals surface area contributed by atoms with Crippen molar-refractivity contribution in [2.45, 2.75) is 32.7 Å². The second-order valence-corrected chi connectivity index (χ2v) is 5.55. The molecule has 1 aromatic rings. The topological polar surface area (TPSA) is 37.4 Å². The third-order valence-electron chi connectivity index (χ3n) is 3.71. The van der Waals surface area contributed by atoms with E-state index in [1.165, 1.54) is 12.8 Å². The van der Waals surface area contributed by atoms with Crippen molar-refractivity contribution in [2.75, 3.05) is 31.6 Å². The van der Waals surface area contributed by atoms with Crippen LogP contribution in [0.1, 0.15) is 26.7 Å². The van der Waals surface area contributed by atoms with Gasteiger partial charge >= 0.3 is 0 Å². The lowest BCUT2D eigenvalue weighted by Gasteiger charge is -2.33. The van der Waals surface area contributed by atoms with Gasteiger partial charge in [-0.05, 0) is 37.4 Å². The molecule has 0 aromatic carbocycles. The summed E-state index contributed by atoms with van der Waals surface area (Å²) in [5.74, 6) is 2.69. The first-order valence-corrected chi connectivity index (χ1v) is 7.17. The van der Waals surface area contributed by atoms with Crippen molar-refractivity contribution in [3.05, 3.63) is 18.3 Å². The number of piperidine rings is 1. The van der Waals surface area contributed by atoms with Crippen molar-refractivity contribution in [3.63, 3.8) is 0 Å². The molecule has 4 heteroatoms. The first kappa shape index (κ1) is 14.1. The number of ether oxygens (including phenoxy) is 1. The molecule has 0 radical (unpaired) electrons. The van der Waals surface area contributed by atoms with Gasteiger partial charge in [-0.25, -0.2) is 4.98 Å². The smallest absolute Gasteiger partial charge is 0.137 e. The second-order valence-electron chi connectivity index (χ2n) is 5.55. The summed E-state index contributed by atoms with van der Waals surface area (Å²) in [7, 11) is 1.67. The predicted octanol–water partition coefficient (Wildman–Crippen LogP) is 2.30. The van der Waals surface area contributed by atoms with E-state index in [1.54, 1.807) is 13.3 Å². The van der Waals surface area contributed by atoms with Gasteiger partial charge in [0, 0.05) is 19.1 Å². The third kappa shape index (κ3) is 4.10. The zero-order valence-corrected chi connectivity index (χ0v) is 12.2. The van der Waals surface area contributed by atoms with Gasteiger partial charge in [0.15, 0.2) is 0 Å². The average molecular weight is 263 g/mol. The molecule has 0 spiro atoms. The molecule has 1 fully saturated rings. The molecular weight excluding hydrogens is 238 g/mol. The van der Waals surface area contributed by atoms with E-state index in [0.29, 0.717) is 6.04 Å². The molecule has 1 aliphatic rings. The number of pyridine rings is 1. The van der Waals surface area contributed by atoms with Crippen LogP contribution in [0.5, 0.6) is 5.75 Å². The fraction of sp³-hybridized carbons (Fsp3) is 0.667. The average Bonchev–Trinajstić information content (AvgIpc) is 2.46. The Labute approximate surface area is 116 Å². The van der Waals surface area contributed by atoms with E-state index in [-0.39, 0.29) is 0 Å². The summed E-state index contributed by atoms with van der Waals surface area (Å²) in [6, 6.07) is 4.61. The molecule has 0 unspecified atom stereocenters. The van der Waals surface area contributed by atoms with E-state index in [9.17, 15) is 0 Å². The standard InChI is InChI=1S/C15H25N3O/c1-12(2)16-10-13-6-8-18(9-7-13)15-5-4-14(19-3)11-17-15/h4-5,11-13,16H,6-10H2,1-3H3. The molecule has 2 heterocycles.